The SMILES string of the molecule is O=C(NCc1ccc(F)c(Cl)c1)c1ncnc2c(NCC3CCC(C(=O)O)CC3)n[nH]c12. The molecule has 4 N–H and O–H groups in total. The zero-order valence-corrected chi connectivity index (χ0v) is 17.8. The first-order valence-corrected chi connectivity index (χ1v) is 10.7. The average molecular weight is 461 g/mol. The van der Waals surface area contributed by atoms with Crippen LogP contribution >= 0.6 is 11.6 Å². The van der Waals surface area contributed by atoms with E-state index in [-0.39, 0.29) is 23.2 Å². The molecule has 0 bridgehead atoms. The summed E-state index contributed by atoms with van der Waals surface area (Å²) in [5.74, 6) is -1.06. The number of anilines is 1. The van der Waals surface area contributed by atoms with Crippen LogP contribution in [0.4, 0.5) is 10.2 Å². The second-order valence-electron chi connectivity index (χ2n) is 7.89. The van der Waals surface area contributed by atoms with Crippen molar-refractivity contribution in [3.63, 3.8) is 0 Å². The molecule has 2 heterocycles. The van der Waals surface area contributed by atoms with Gasteiger partial charge < -0.3 is 15.7 Å². The first-order chi connectivity index (χ1) is 15.4. The number of hydrogen-bond acceptors (Lipinski definition) is 6. The first kappa shape index (κ1) is 21.9. The van der Waals surface area contributed by atoms with Crippen LogP contribution in [0.25, 0.3) is 11.0 Å². The Morgan fingerprint density at radius 2 is 2.00 bits per heavy atom. The van der Waals surface area contributed by atoms with Crippen LogP contribution < -0.4 is 10.6 Å². The second-order valence-corrected chi connectivity index (χ2v) is 8.29. The number of nitrogens with zero attached hydrogens (tertiary/aromatic N) is 3. The average Bonchev–Trinajstić information content (AvgIpc) is 3.21. The van der Waals surface area contributed by atoms with Gasteiger partial charge in [-0.05, 0) is 49.3 Å². The zero-order valence-electron chi connectivity index (χ0n) is 17.1. The number of H-pyrrole nitrogens is 1. The number of carbonyl (C=O) groups excluding carboxylic acids is 1. The molecule has 0 radical (unpaired) electrons. The summed E-state index contributed by atoms with van der Waals surface area (Å²) in [7, 11) is 0. The van der Waals surface area contributed by atoms with E-state index in [2.05, 4.69) is 30.8 Å². The molecule has 1 aliphatic rings. The Labute approximate surface area is 187 Å². The normalized spacial score (nSPS) is 18.4. The van der Waals surface area contributed by atoms with Crippen LogP contribution in [0.5, 0.6) is 0 Å². The van der Waals surface area contributed by atoms with Crippen LogP contribution in [0.3, 0.4) is 0 Å². The number of halogens is 2. The van der Waals surface area contributed by atoms with Gasteiger partial charge in [-0.1, -0.05) is 17.7 Å². The molecule has 1 saturated carbocycles. The van der Waals surface area contributed by atoms with Gasteiger partial charge in [0.25, 0.3) is 5.91 Å². The quantitative estimate of drug-likeness (QED) is 0.424. The van der Waals surface area contributed by atoms with Crippen molar-refractivity contribution in [2.24, 2.45) is 11.8 Å². The number of aromatic nitrogens is 4. The summed E-state index contributed by atoms with van der Waals surface area (Å²) in [4.78, 5) is 32.1. The molecule has 32 heavy (non-hydrogen) atoms. The van der Waals surface area contributed by atoms with Crippen LogP contribution in [-0.2, 0) is 11.3 Å². The zero-order chi connectivity index (χ0) is 22.7. The van der Waals surface area contributed by atoms with E-state index in [9.17, 15) is 14.0 Å². The van der Waals surface area contributed by atoms with Crippen LogP contribution in [-0.4, -0.2) is 43.7 Å². The lowest BCUT2D eigenvalue weighted by Crippen LogP contribution is -2.25. The van der Waals surface area contributed by atoms with Crippen molar-refractivity contribution >= 4 is 40.3 Å². The number of nitrogens with one attached hydrogen (secondary N) is 3. The number of aliphatic carboxylic acids is 1. The summed E-state index contributed by atoms with van der Waals surface area (Å²) in [5, 5.41) is 22.1. The van der Waals surface area contributed by atoms with Crippen LogP contribution in [0, 0.1) is 17.7 Å². The van der Waals surface area contributed by atoms with Crippen molar-refractivity contribution in [2.75, 3.05) is 11.9 Å². The van der Waals surface area contributed by atoms with E-state index in [0.29, 0.717) is 47.7 Å². The van der Waals surface area contributed by atoms with Gasteiger partial charge in [-0.15, -0.1) is 0 Å². The topological polar surface area (TPSA) is 133 Å². The minimum Gasteiger partial charge on any atom is -0.481 e. The Hall–Kier alpha value is -3.27. The van der Waals surface area contributed by atoms with Crippen molar-refractivity contribution in [3.8, 4) is 0 Å². The van der Waals surface area contributed by atoms with Gasteiger partial charge in [-0.2, -0.15) is 5.10 Å². The smallest absolute Gasteiger partial charge is 0.306 e. The van der Waals surface area contributed by atoms with E-state index in [0.717, 1.165) is 12.8 Å². The third kappa shape index (κ3) is 4.80. The molecule has 0 unspecified atom stereocenters. The maximum Gasteiger partial charge on any atom is 0.306 e. The van der Waals surface area contributed by atoms with E-state index in [1.54, 1.807) is 6.07 Å². The largest absolute Gasteiger partial charge is 0.481 e. The standard InChI is InChI=1S/C21H22ClFN6O3/c22-14-7-12(3-6-15(14)23)9-25-20(30)18-16-17(26-10-27-18)19(29-28-16)24-8-11-1-4-13(5-2-11)21(31)32/h3,6-7,10-11,13H,1-2,4-5,8-9H2,(H,25,30)(H,31,32)(H2,24,28,29). The number of aromatic amines is 1. The summed E-state index contributed by atoms with van der Waals surface area (Å²) in [5.41, 5.74) is 1.69. The molecule has 0 aliphatic heterocycles. The molecule has 0 saturated heterocycles. The fourth-order valence-corrected chi connectivity index (χ4v) is 4.10. The van der Waals surface area contributed by atoms with Crippen LogP contribution in [0.15, 0.2) is 24.5 Å². The van der Waals surface area contributed by atoms with Crippen molar-refractivity contribution in [3.05, 3.63) is 46.6 Å². The van der Waals surface area contributed by atoms with Gasteiger partial charge in [-0.3, -0.25) is 14.7 Å². The van der Waals surface area contributed by atoms with E-state index in [4.69, 9.17) is 16.7 Å². The minimum absolute atomic E-state index is 0.0121. The van der Waals surface area contributed by atoms with E-state index in [1.165, 1.54) is 18.5 Å². The maximum absolute atomic E-state index is 13.3. The van der Waals surface area contributed by atoms with Gasteiger partial charge in [-0.25, -0.2) is 14.4 Å². The number of benzene rings is 1. The summed E-state index contributed by atoms with van der Waals surface area (Å²) in [6, 6.07) is 4.24. The number of carboxylic acids is 1. The maximum atomic E-state index is 13.3. The molecule has 4 rings (SSSR count). The lowest BCUT2D eigenvalue weighted by Gasteiger charge is -2.26. The van der Waals surface area contributed by atoms with Gasteiger partial charge in [0.2, 0.25) is 0 Å². The fourth-order valence-electron chi connectivity index (χ4n) is 3.90. The number of carbonyl (C=O) groups is 2. The number of rotatable bonds is 7. The molecule has 168 valence electrons. The predicted molar refractivity (Wildman–Crippen MR) is 116 cm³/mol. The molecule has 1 amide bonds. The Balaban J connectivity index is 1.39. The Kier molecular flexibility index (Phi) is 6.50. The number of fused-ring (bicyclic) bond motifs is 1. The van der Waals surface area contributed by atoms with Crippen molar-refractivity contribution in [1.82, 2.24) is 25.5 Å². The van der Waals surface area contributed by atoms with E-state index in [1.807, 2.05) is 0 Å². The number of hydrogen-bond donors (Lipinski definition) is 4. The highest BCUT2D eigenvalue weighted by molar-refractivity contribution is 6.30. The lowest BCUT2D eigenvalue weighted by atomic mass is 9.82. The molecular weight excluding hydrogens is 439 g/mol. The Bertz CT molecular complexity index is 1150. The molecule has 11 heteroatoms. The van der Waals surface area contributed by atoms with Crippen molar-refractivity contribution in [1.29, 1.82) is 0 Å². The van der Waals surface area contributed by atoms with Crippen LogP contribution in [0.2, 0.25) is 5.02 Å². The molecule has 0 atom stereocenters. The van der Waals surface area contributed by atoms with E-state index < -0.39 is 17.7 Å². The predicted octanol–water partition coefficient (Wildman–Crippen LogP) is 3.38. The summed E-state index contributed by atoms with van der Waals surface area (Å²) in [6.45, 7) is 0.797. The molecule has 3 aromatic rings. The summed E-state index contributed by atoms with van der Waals surface area (Å²) >= 11 is 5.78. The first-order valence-electron chi connectivity index (χ1n) is 10.3. The molecule has 2 aromatic heterocycles. The van der Waals surface area contributed by atoms with Crippen molar-refractivity contribution < 1.29 is 19.1 Å². The molecule has 1 aliphatic carbocycles. The Morgan fingerprint density at radius 3 is 2.72 bits per heavy atom. The minimum atomic E-state index is -0.722. The van der Waals surface area contributed by atoms with Crippen LogP contribution in [0.1, 0.15) is 41.7 Å². The molecule has 1 fully saturated rings. The van der Waals surface area contributed by atoms with Gasteiger partial charge >= 0.3 is 5.97 Å². The second kappa shape index (κ2) is 9.47. The third-order valence-electron chi connectivity index (χ3n) is 5.76. The molecule has 1 aromatic carbocycles. The van der Waals surface area contributed by atoms with Crippen molar-refractivity contribution in [2.45, 2.75) is 32.2 Å². The fraction of sp³-hybridized carbons (Fsp3) is 0.381. The van der Waals surface area contributed by atoms with E-state index >= 15 is 0 Å². The molecule has 0 spiro atoms. The van der Waals surface area contributed by atoms with Gasteiger partial charge in [0, 0.05) is 13.1 Å². The molecule has 9 nitrogen and oxygen atoms in total. The van der Waals surface area contributed by atoms with Gasteiger partial charge in [0.15, 0.2) is 11.5 Å². The lowest BCUT2D eigenvalue weighted by molar-refractivity contribution is -0.143. The highest BCUT2D eigenvalue weighted by Gasteiger charge is 2.26. The Morgan fingerprint density at radius 1 is 1.22 bits per heavy atom. The highest BCUT2D eigenvalue weighted by atomic mass is 35.5. The van der Waals surface area contributed by atoms with Gasteiger partial charge in [0.05, 0.1) is 10.9 Å². The number of carboxylic acid groups (broad SMARTS) is 1. The third-order valence-corrected chi connectivity index (χ3v) is 6.05. The summed E-state index contributed by atoms with van der Waals surface area (Å²) < 4.78 is 13.3. The number of amides is 1. The molecular formula is C21H22ClFN6O3. The highest BCUT2D eigenvalue weighted by Crippen LogP contribution is 2.29. The monoisotopic (exact) mass is 460 g/mol. The van der Waals surface area contributed by atoms with Gasteiger partial charge in [0.1, 0.15) is 23.2 Å². The summed E-state index contributed by atoms with van der Waals surface area (Å²) in [6.07, 6.45) is 4.32.